The van der Waals surface area contributed by atoms with Crippen LogP contribution in [0.25, 0.3) is 0 Å². The summed E-state index contributed by atoms with van der Waals surface area (Å²) in [7, 11) is 0. The Hall–Kier alpha value is -2.53. The van der Waals surface area contributed by atoms with Crippen LogP contribution < -0.4 is 10.6 Å². The summed E-state index contributed by atoms with van der Waals surface area (Å²) < 4.78 is 5.11. The van der Waals surface area contributed by atoms with E-state index in [1.54, 1.807) is 36.4 Å². The van der Waals surface area contributed by atoms with Crippen molar-refractivity contribution in [2.24, 2.45) is 0 Å². The first kappa shape index (κ1) is 16.3. The maximum absolute atomic E-state index is 12.1. The van der Waals surface area contributed by atoms with Crippen LogP contribution in [-0.4, -0.2) is 24.0 Å². The van der Waals surface area contributed by atoms with Crippen molar-refractivity contribution in [1.29, 1.82) is 0 Å². The minimum Gasteiger partial charge on any atom is -0.461 e. The van der Waals surface area contributed by atoms with Gasteiger partial charge in [-0.05, 0) is 55.5 Å². The maximum Gasteiger partial charge on any atom is 0.328 e. The lowest BCUT2D eigenvalue weighted by molar-refractivity contribution is -0.141. The summed E-state index contributed by atoms with van der Waals surface area (Å²) >= 11 is 5.81. The number of hydrogen-bond donors (Lipinski definition) is 2. The number of carbonyl (C=O) groups excluding carboxylic acids is 2. The lowest BCUT2D eigenvalue weighted by Crippen LogP contribution is -2.24. The quantitative estimate of drug-likeness (QED) is 0.830. The van der Waals surface area contributed by atoms with Crippen LogP contribution in [0.1, 0.15) is 23.7 Å². The van der Waals surface area contributed by atoms with E-state index in [4.69, 9.17) is 16.3 Å². The number of hydrogen-bond acceptors (Lipinski definition) is 4. The van der Waals surface area contributed by atoms with Crippen molar-refractivity contribution >= 4 is 34.9 Å². The number of esters is 1. The van der Waals surface area contributed by atoms with Gasteiger partial charge >= 0.3 is 5.97 Å². The van der Waals surface area contributed by atoms with Crippen molar-refractivity contribution in [3.63, 3.8) is 0 Å². The SMILES string of the molecule is C[C@@H]1C[C@@H](Nc2ccc(NC(=O)c3ccc(Cl)cc3)cc2)C(=O)O1. The summed E-state index contributed by atoms with van der Waals surface area (Å²) in [4.78, 5) is 23.8. The van der Waals surface area contributed by atoms with Crippen molar-refractivity contribution in [3.05, 3.63) is 59.1 Å². The van der Waals surface area contributed by atoms with E-state index < -0.39 is 0 Å². The molecule has 0 saturated carbocycles. The second-order valence-electron chi connectivity index (χ2n) is 5.72. The first-order valence-electron chi connectivity index (χ1n) is 7.65. The van der Waals surface area contributed by atoms with E-state index in [2.05, 4.69) is 10.6 Å². The first-order chi connectivity index (χ1) is 11.5. The van der Waals surface area contributed by atoms with Gasteiger partial charge in [-0.15, -0.1) is 0 Å². The monoisotopic (exact) mass is 344 g/mol. The van der Waals surface area contributed by atoms with E-state index in [0.717, 1.165) is 5.69 Å². The Morgan fingerprint density at radius 1 is 1.08 bits per heavy atom. The lowest BCUT2D eigenvalue weighted by atomic mass is 10.1. The molecule has 0 spiro atoms. The standard InChI is InChI=1S/C18H17ClN2O3/c1-11-10-16(18(23)24-11)20-14-6-8-15(9-7-14)21-17(22)12-2-4-13(19)5-3-12/h2-9,11,16,20H,10H2,1H3,(H,21,22)/t11-,16-/m1/s1. The number of ether oxygens (including phenoxy) is 1. The Bertz CT molecular complexity index is 744. The van der Waals surface area contributed by atoms with Crippen LogP contribution in [0.3, 0.4) is 0 Å². The summed E-state index contributed by atoms with van der Waals surface area (Å²) in [6.45, 7) is 1.87. The average molecular weight is 345 g/mol. The largest absolute Gasteiger partial charge is 0.461 e. The van der Waals surface area contributed by atoms with Crippen molar-refractivity contribution in [2.45, 2.75) is 25.5 Å². The van der Waals surface area contributed by atoms with Crippen LogP contribution in [0.4, 0.5) is 11.4 Å². The predicted octanol–water partition coefficient (Wildman–Crippen LogP) is 3.71. The highest BCUT2D eigenvalue weighted by atomic mass is 35.5. The molecule has 1 aliphatic rings. The van der Waals surface area contributed by atoms with Gasteiger partial charge in [-0.3, -0.25) is 4.79 Å². The van der Waals surface area contributed by atoms with E-state index in [9.17, 15) is 9.59 Å². The molecule has 1 aliphatic heterocycles. The number of carbonyl (C=O) groups is 2. The molecule has 2 aromatic rings. The number of anilines is 2. The van der Waals surface area contributed by atoms with Crippen LogP contribution in [0.5, 0.6) is 0 Å². The molecule has 1 heterocycles. The number of nitrogens with one attached hydrogen (secondary N) is 2. The Morgan fingerprint density at radius 3 is 2.29 bits per heavy atom. The average Bonchev–Trinajstić information content (AvgIpc) is 2.87. The van der Waals surface area contributed by atoms with Gasteiger partial charge in [0, 0.05) is 28.4 Å². The third kappa shape index (κ3) is 3.86. The topological polar surface area (TPSA) is 67.4 Å². The minimum atomic E-state index is -0.325. The number of cyclic esters (lactones) is 1. The summed E-state index contributed by atoms with van der Waals surface area (Å²) in [5.41, 5.74) is 2.00. The zero-order valence-corrected chi connectivity index (χ0v) is 13.8. The second-order valence-corrected chi connectivity index (χ2v) is 6.15. The summed E-state index contributed by atoms with van der Waals surface area (Å²) in [6, 6.07) is 13.5. The van der Waals surface area contributed by atoms with Gasteiger partial charge in [-0.1, -0.05) is 11.6 Å². The highest BCUT2D eigenvalue weighted by molar-refractivity contribution is 6.30. The molecule has 5 nitrogen and oxygen atoms in total. The Labute approximate surface area is 145 Å². The minimum absolute atomic E-state index is 0.0621. The molecule has 0 aromatic heterocycles. The number of amides is 1. The van der Waals surface area contributed by atoms with E-state index in [0.29, 0.717) is 22.7 Å². The van der Waals surface area contributed by atoms with Crippen LogP contribution in [0, 0.1) is 0 Å². The molecule has 2 N–H and O–H groups in total. The van der Waals surface area contributed by atoms with Gasteiger partial charge in [-0.2, -0.15) is 0 Å². The predicted molar refractivity (Wildman–Crippen MR) is 93.4 cm³/mol. The molecular formula is C18H17ClN2O3. The van der Waals surface area contributed by atoms with E-state index in [1.807, 2.05) is 19.1 Å². The van der Waals surface area contributed by atoms with Crippen LogP contribution in [0.2, 0.25) is 5.02 Å². The van der Waals surface area contributed by atoms with Gasteiger partial charge in [0.25, 0.3) is 5.91 Å². The van der Waals surface area contributed by atoms with E-state index in [-0.39, 0.29) is 24.0 Å². The van der Waals surface area contributed by atoms with Gasteiger partial charge in [-0.25, -0.2) is 4.79 Å². The van der Waals surface area contributed by atoms with Crippen molar-refractivity contribution in [2.75, 3.05) is 10.6 Å². The second kappa shape index (κ2) is 6.93. The van der Waals surface area contributed by atoms with Crippen LogP contribution in [-0.2, 0) is 9.53 Å². The normalized spacial score (nSPS) is 19.7. The molecule has 2 aromatic carbocycles. The fourth-order valence-electron chi connectivity index (χ4n) is 2.53. The first-order valence-corrected chi connectivity index (χ1v) is 8.03. The molecule has 1 fully saturated rings. The fourth-order valence-corrected chi connectivity index (χ4v) is 2.66. The smallest absolute Gasteiger partial charge is 0.328 e. The third-order valence-electron chi connectivity index (χ3n) is 3.76. The van der Waals surface area contributed by atoms with Crippen LogP contribution >= 0.6 is 11.6 Å². The Balaban J connectivity index is 1.61. The molecular weight excluding hydrogens is 328 g/mol. The molecule has 0 unspecified atom stereocenters. The van der Waals surface area contributed by atoms with Gasteiger partial charge in [0.1, 0.15) is 12.1 Å². The maximum atomic E-state index is 12.1. The number of benzene rings is 2. The van der Waals surface area contributed by atoms with Gasteiger partial charge in [0.15, 0.2) is 0 Å². The van der Waals surface area contributed by atoms with Gasteiger partial charge in [0.05, 0.1) is 0 Å². The molecule has 0 radical (unpaired) electrons. The lowest BCUT2D eigenvalue weighted by Gasteiger charge is -2.11. The molecule has 124 valence electrons. The Kier molecular flexibility index (Phi) is 4.71. The third-order valence-corrected chi connectivity index (χ3v) is 4.01. The molecule has 0 aliphatic carbocycles. The van der Waals surface area contributed by atoms with E-state index in [1.165, 1.54) is 0 Å². The highest BCUT2D eigenvalue weighted by Crippen LogP contribution is 2.21. The van der Waals surface area contributed by atoms with Crippen LogP contribution in [0.15, 0.2) is 48.5 Å². The molecule has 1 saturated heterocycles. The van der Waals surface area contributed by atoms with Crippen molar-refractivity contribution in [1.82, 2.24) is 0 Å². The number of rotatable bonds is 4. The molecule has 1 amide bonds. The molecule has 2 atom stereocenters. The van der Waals surface area contributed by atoms with Crippen molar-refractivity contribution in [3.8, 4) is 0 Å². The summed E-state index contributed by atoms with van der Waals surface area (Å²) in [5, 5.41) is 6.54. The summed E-state index contributed by atoms with van der Waals surface area (Å²) in [5.74, 6) is -0.441. The molecule has 3 rings (SSSR count). The number of halogens is 1. The van der Waals surface area contributed by atoms with Gasteiger partial charge in [0.2, 0.25) is 0 Å². The fraction of sp³-hybridized carbons (Fsp3) is 0.222. The highest BCUT2D eigenvalue weighted by Gasteiger charge is 2.31. The zero-order chi connectivity index (χ0) is 17.1. The van der Waals surface area contributed by atoms with E-state index >= 15 is 0 Å². The molecule has 24 heavy (non-hydrogen) atoms. The molecule has 0 bridgehead atoms. The Morgan fingerprint density at radius 2 is 1.71 bits per heavy atom. The summed E-state index contributed by atoms with van der Waals surface area (Å²) in [6.07, 6.45) is 0.585. The van der Waals surface area contributed by atoms with Crippen molar-refractivity contribution < 1.29 is 14.3 Å². The molecule has 6 heteroatoms. The van der Waals surface area contributed by atoms with Gasteiger partial charge < -0.3 is 15.4 Å². The zero-order valence-electron chi connectivity index (χ0n) is 13.1.